The molecule has 0 radical (unpaired) electrons. The summed E-state index contributed by atoms with van der Waals surface area (Å²) in [6, 6.07) is 21.9. The number of hydrogen-bond acceptors (Lipinski definition) is 6. The highest BCUT2D eigenvalue weighted by atomic mass is 79.9. The molecule has 0 atom stereocenters. The van der Waals surface area contributed by atoms with Gasteiger partial charge in [0.15, 0.2) is 5.75 Å². The van der Waals surface area contributed by atoms with Crippen LogP contribution in [-0.2, 0) is 19.7 Å². The molecule has 1 aliphatic rings. The van der Waals surface area contributed by atoms with Gasteiger partial charge in [0.1, 0.15) is 10.5 Å². The average Bonchev–Trinajstić information content (AvgIpc) is 2.88. The largest absolute Gasteiger partial charge is 0.378 e. The molecule has 8 nitrogen and oxygen atoms in total. The lowest BCUT2D eigenvalue weighted by atomic mass is 10.00. The van der Waals surface area contributed by atoms with Crippen molar-refractivity contribution in [2.75, 3.05) is 4.90 Å². The Kier molecular flexibility index (Phi) is 6.60. The van der Waals surface area contributed by atoms with Crippen LogP contribution < -0.4 is 14.4 Å². The van der Waals surface area contributed by atoms with Crippen molar-refractivity contribution in [1.82, 2.24) is 5.32 Å². The molecule has 0 aliphatic carbocycles. The van der Waals surface area contributed by atoms with Crippen LogP contribution >= 0.6 is 15.9 Å². The number of anilines is 1. The van der Waals surface area contributed by atoms with Crippen molar-refractivity contribution in [2.24, 2.45) is 0 Å². The summed E-state index contributed by atoms with van der Waals surface area (Å²) in [6.07, 6.45) is 1.25. The van der Waals surface area contributed by atoms with Crippen LogP contribution in [0, 0.1) is 6.92 Å². The minimum Gasteiger partial charge on any atom is -0.378 e. The van der Waals surface area contributed by atoms with Crippen LogP contribution in [0.5, 0.6) is 5.75 Å². The molecule has 4 amide bonds. The summed E-state index contributed by atoms with van der Waals surface area (Å²) < 4.78 is 32.4. The van der Waals surface area contributed by atoms with Gasteiger partial charge in [-0.05, 0) is 66.2 Å². The van der Waals surface area contributed by atoms with Gasteiger partial charge < -0.3 is 4.18 Å². The maximum absolute atomic E-state index is 13.4. The van der Waals surface area contributed by atoms with Gasteiger partial charge in [0.2, 0.25) is 0 Å². The van der Waals surface area contributed by atoms with E-state index in [2.05, 4.69) is 21.2 Å². The van der Waals surface area contributed by atoms with Crippen LogP contribution in [-0.4, -0.2) is 26.3 Å². The molecule has 1 aliphatic heterocycles. The number of barbiturate groups is 1. The number of carbonyl (C=O) groups is 3. The third kappa shape index (κ3) is 4.83. The number of carbonyl (C=O) groups excluding carboxylic acids is 3. The summed E-state index contributed by atoms with van der Waals surface area (Å²) in [5.74, 6) is -1.85. The van der Waals surface area contributed by atoms with Crippen LogP contribution in [0.1, 0.15) is 11.1 Å². The molecule has 38 heavy (non-hydrogen) atoms. The van der Waals surface area contributed by atoms with Crippen molar-refractivity contribution in [3.05, 3.63) is 106 Å². The number of hydrogen-bond donors (Lipinski definition) is 1. The lowest BCUT2D eigenvalue weighted by Gasteiger charge is -2.26. The molecule has 1 N–H and O–H groups in total. The highest BCUT2D eigenvalue weighted by Gasteiger charge is 2.37. The molecule has 1 fully saturated rings. The number of halogens is 1. The predicted molar refractivity (Wildman–Crippen MR) is 146 cm³/mol. The molecule has 0 bridgehead atoms. The van der Waals surface area contributed by atoms with E-state index >= 15 is 0 Å². The van der Waals surface area contributed by atoms with Crippen molar-refractivity contribution < 1.29 is 27.0 Å². The van der Waals surface area contributed by atoms with Gasteiger partial charge in [-0.15, -0.1) is 0 Å². The first kappa shape index (κ1) is 25.4. The fraction of sp³-hybridized carbons (Fsp3) is 0.0357. The normalized spacial score (nSPS) is 15.2. The van der Waals surface area contributed by atoms with Crippen LogP contribution in [0.15, 0.2) is 99.9 Å². The van der Waals surface area contributed by atoms with Crippen molar-refractivity contribution in [2.45, 2.75) is 11.8 Å². The van der Waals surface area contributed by atoms with Crippen molar-refractivity contribution in [1.29, 1.82) is 0 Å². The topological polar surface area (TPSA) is 110 Å². The summed E-state index contributed by atoms with van der Waals surface area (Å²) in [5, 5.41) is 3.45. The second-order valence-corrected chi connectivity index (χ2v) is 10.9. The van der Waals surface area contributed by atoms with Crippen LogP contribution in [0.25, 0.3) is 16.8 Å². The molecule has 1 heterocycles. The number of imide groups is 2. The first-order chi connectivity index (χ1) is 18.1. The maximum atomic E-state index is 13.4. The minimum atomic E-state index is -4.24. The number of benzene rings is 4. The fourth-order valence-electron chi connectivity index (χ4n) is 3.99. The number of nitrogens with zero attached hydrogens (tertiary/aromatic N) is 1. The first-order valence-electron chi connectivity index (χ1n) is 11.3. The molecule has 0 spiro atoms. The van der Waals surface area contributed by atoms with Gasteiger partial charge in [-0.1, -0.05) is 64.0 Å². The molecule has 0 saturated carbocycles. The number of nitrogens with one attached hydrogen (secondary N) is 1. The van der Waals surface area contributed by atoms with E-state index in [1.54, 1.807) is 66.7 Å². The molecular weight excluding hydrogens is 572 g/mol. The zero-order valence-corrected chi connectivity index (χ0v) is 22.2. The predicted octanol–water partition coefficient (Wildman–Crippen LogP) is 5.34. The van der Waals surface area contributed by atoms with Gasteiger partial charge in [0, 0.05) is 10.0 Å². The number of urea groups is 1. The van der Waals surface area contributed by atoms with Gasteiger partial charge in [0.25, 0.3) is 11.8 Å². The third-order valence-electron chi connectivity index (χ3n) is 5.92. The van der Waals surface area contributed by atoms with Gasteiger partial charge in [-0.3, -0.25) is 14.9 Å². The zero-order chi connectivity index (χ0) is 27.0. The lowest BCUT2D eigenvalue weighted by molar-refractivity contribution is -0.122. The van der Waals surface area contributed by atoms with E-state index in [-0.39, 0.29) is 27.5 Å². The van der Waals surface area contributed by atoms with Gasteiger partial charge in [-0.2, -0.15) is 8.42 Å². The second-order valence-electron chi connectivity index (χ2n) is 8.48. The van der Waals surface area contributed by atoms with E-state index < -0.39 is 28.0 Å². The van der Waals surface area contributed by atoms with E-state index in [1.165, 1.54) is 24.3 Å². The van der Waals surface area contributed by atoms with Crippen LogP contribution in [0.4, 0.5) is 10.5 Å². The van der Waals surface area contributed by atoms with E-state index in [0.29, 0.717) is 5.39 Å². The highest BCUT2D eigenvalue weighted by molar-refractivity contribution is 9.10. The van der Waals surface area contributed by atoms with Crippen LogP contribution in [0.2, 0.25) is 0 Å². The Bertz CT molecular complexity index is 1750. The number of aryl methyl sites for hydroxylation is 1. The molecule has 4 aromatic carbocycles. The number of amides is 4. The molecule has 10 heteroatoms. The van der Waals surface area contributed by atoms with E-state index in [4.69, 9.17) is 4.18 Å². The number of rotatable bonds is 5. The van der Waals surface area contributed by atoms with E-state index in [0.717, 1.165) is 20.3 Å². The maximum Gasteiger partial charge on any atom is 0.339 e. The second kappa shape index (κ2) is 9.88. The summed E-state index contributed by atoms with van der Waals surface area (Å²) in [4.78, 5) is 39.6. The Labute approximate surface area is 226 Å². The van der Waals surface area contributed by atoms with Gasteiger partial charge in [-0.25, -0.2) is 9.69 Å². The van der Waals surface area contributed by atoms with Gasteiger partial charge >= 0.3 is 16.1 Å². The average molecular weight is 591 g/mol. The first-order valence-corrected chi connectivity index (χ1v) is 13.5. The number of fused-ring (bicyclic) bond motifs is 1. The van der Waals surface area contributed by atoms with Crippen molar-refractivity contribution in [3.63, 3.8) is 0 Å². The molecule has 0 aromatic heterocycles. The van der Waals surface area contributed by atoms with Gasteiger partial charge in [0.05, 0.1) is 5.69 Å². The Morgan fingerprint density at radius 3 is 2.26 bits per heavy atom. The van der Waals surface area contributed by atoms with E-state index in [9.17, 15) is 22.8 Å². The molecule has 1 saturated heterocycles. The Balaban J connectivity index is 1.64. The standard InChI is InChI=1S/C28H19BrN2O6S/c1-17-6-13-21(14-7-17)38(35,36)37-25-15-8-18-4-2-3-5-22(18)23(25)16-24-26(32)30-28(34)31(27(24)33)20-11-9-19(29)10-12-20/h2-16H,1H3,(H,30,32,34)/b24-16+. The molecular formula is C28H19BrN2O6S. The highest BCUT2D eigenvalue weighted by Crippen LogP contribution is 2.33. The quantitative estimate of drug-likeness (QED) is 0.191. The van der Waals surface area contributed by atoms with Crippen LogP contribution in [0.3, 0.4) is 0 Å². The summed E-state index contributed by atoms with van der Waals surface area (Å²) in [7, 11) is -4.24. The van der Waals surface area contributed by atoms with Crippen molar-refractivity contribution >= 4 is 66.4 Å². The molecule has 4 aromatic rings. The Morgan fingerprint density at radius 2 is 1.55 bits per heavy atom. The Morgan fingerprint density at radius 1 is 0.868 bits per heavy atom. The minimum absolute atomic E-state index is 0.0478. The molecule has 190 valence electrons. The SMILES string of the molecule is Cc1ccc(S(=O)(=O)Oc2ccc3ccccc3c2/C=C2\C(=O)NC(=O)N(c3ccc(Br)cc3)C2=O)cc1. The Hall–Kier alpha value is -4.28. The summed E-state index contributed by atoms with van der Waals surface area (Å²) in [6.45, 7) is 1.83. The fourth-order valence-corrected chi connectivity index (χ4v) is 5.21. The van der Waals surface area contributed by atoms with Crippen molar-refractivity contribution in [3.8, 4) is 5.75 Å². The monoisotopic (exact) mass is 590 g/mol. The van der Waals surface area contributed by atoms with E-state index in [1.807, 2.05) is 6.92 Å². The summed E-state index contributed by atoms with van der Waals surface area (Å²) >= 11 is 3.31. The summed E-state index contributed by atoms with van der Waals surface area (Å²) in [5.41, 5.74) is 0.973. The smallest absolute Gasteiger partial charge is 0.339 e. The molecule has 0 unspecified atom stereocenters. The molecule has 5 rings (SSSR count). The lowest BCUT2D eigenvalue weighted by Crippen LogP contribution is -2.54. The third-order valence-corrected chi connectivity index (χ3v) is 7.69. The zero-order valence-electron chi connectivity index (χ0n) is 19.8.